The van der Waals surface area contributed by atoms with Crippen LogP contribution in [0.15, 0.2) is 35.8 Å². The third kappa shape index (κ3) is 5.66. The van der Waals surface area contributed by atoms with E-state index in [-0.39, 0.29) is 5.56 Å². The molecule has 0 atom stereocenters. The number of alkyl halides is 2. The van der Waals surface area contributed by atoms with Gasteiger partial charge in [-0.15, -0.1) is 0 Å². The van der Waals surface area contributed by atoms with Crippen LogP contribution in [0.3, 0.4) is 0 Å². The zero-order chi connectivity index (χ0) is 27.6. The quantitative estimate of drug-likeness (QED) is 0.325. The Bertz CT molecular complexity index is 1270. The number of aryl methyl sites for hydroxylation is 2. The minimum Gasteiger partial charge on any atom is -0.385 e. The van der Waals surface area contributed by atoms with Gasteiger partial charge in [-0.3, -0.25) is 10.4 Å². The lowest BCUT2D eigenvalue weighted by Crippen LogP contribution is -2.50. The van der Waals surface area contributed by atoms with Gasteiger partial charge in [-0.25, -0.2) is 13.4 Å². The molecule has 4 aliphatic rings. The molecule has 2 aromatic rings. The molecule has 0 radical (unpaired) electrons. The second-order valence-corrected chi connectivity index (χ2v) is 11.7. The van der Waals surface area contributed by atoms with Crippen LogP contribution in [0.2, 0.25) is 0 Å². The number of halogens is 2. The van der Waals surface area contributed by atoms with Gasteiger partial charge in [0.05, 0.1) is 18.3 Å². The van der Waals surface area contributed by atoms with Crippen molar-refractivity contribution in [1.29, 1.82) is 0 Å². The van der Waals surface area contributed by atoms with Crippen molar-refractivity contribution in [1.82, 2.24) is 30.6 Å². The number of likely N-dealkylation sites (tertiary alicyclic amines) is 1. The number of hydrogen-bond acceptors (Lipinski definition) is 5. The topological polar surface area (TPSA) is 86.2 Å². The van der Waals surface area contributed by atoms with Crippen molar-refractivity contribution < 1.29 is 13.4 Å². The predicted octanol–water partition coefficient (Wildman–Crippen LogP) is 3.03. The molecule has 5 N–H and O–H groups in total. The van der Waals surface area contributed by atoms with Gasteiger partial charge in [-0.1, -0.05) is 0 Å². The molecule has 8 nitrogen and oxygen atoms in total. The fraction of sp³-hybridized carbons (Fsp3) is 0.600. The van der Waals surface area contributed by atoms with Gasteiger partial charge in [0.15, 0.2) is 0 Å². The van der Waals surface area contributed by atoms with E-state index in [1.54, 1.807) is 30.2 Å². The SMILES string of the molecule is Cn1cc(-c2cc3c(cc2C(F)F)[N+](=C(N)C2=C(NC4CCN(C5CCNCC5)CC4)CCNC2)CCC3)cn1. The molecule has 0 bridgehead atoms. The molecule has 10 heteroatoms. The summed E-state index contributed by atoms with van der Waals surface area (Å²) in [5.41, 5.74) is 12.4. The molecule has 0 unspecified atom stereocenters. The maximum atomic E-state index is 14.3. The number of piperidine rings is 2. The molecule has 4 aliphatic heterocycles. The third-order valence-corrected chi connectivity index (χ3v) is 9.17. The summed E-state index contributed by atoms with van der Waals surface area (Å²) in [6.07, 6.45) is 8.29. The number of aromatic nitrogens is 2. The summed E-state index contributed by atoms with van der Waals surface area (Å²) in [7, 11) is 1.80. The fourth-order valence-corrected chi connectivity index (χ4v) is 6.97. The second-order valence-electron chi connectivity index (χ2n) is 11.7. The van der Waals surface area contributed by atoms with Gasteiger partial charge >= 0.3 is 0 Å². The predicted molar refractivity (Wildman–Crippen MR) is 154 cm³/mol. The molecule has 1 aromatic heterocycles. The zero-order valence-electron chi connectivity index (χ0n) is 23.6. The average Bonchev–Trinajstić information content (AvgIpc) is 3.43. The van der Waals surface area contributed by atoms with Crippen LogP contribution in [0.4, 0.5) is 14.5 Å². The number of nitrogens with two attached hydrogens (primary N) is 1. The highest BCUT2D eigenvalue weighted by Gasteiger charge is 2.31. The number of benzene rings is 1. The Morgan fingerprint density at radius 1 is 1.10 bits per heavy atom. The van der Waals surface area contributed by atoms with Crippen LogP contribution >= 0.6 is 0 Å². The van der Waals surface area contributed by atoms with Crippen molar-refractivity contribution in [2.75, 3.05) is 45.8 Å². The van der Waals surface area contributed by atoms with Gasteiger partial charge in [0.1, 0.15) is 5.69 Å². The first kappa shape index (κ1) is 27.4. The number of nitrogens with one attached hydrogen (secondary N) is 3. The first-order valence-corrected chi connectivity index (χ1v) is 15.0. The van der Waals surface area contributed by atoms with Crippen LogP contribution < -0.4 is 21.7 Å². The largest absolute Gasteiger partial charge is 0.385 e. The monoisotopic (exact) mass is 553 g/mol. The molecule has 0 aliphatic carbocycles. The second kappa shape index (κ2) is 12.0. The van der Waals surface area contributed by atoms with Crippen LogP contribution in [-0.2, 0) is 13.5 Å². The molecule has 2 saturated heterocycles. The summed E-state index contributed by atoms with van der Waals surface area (Å²) in [4.78, 5) is 2.68. The van der Waals surface area contributed by atoms with E-state index in [1.165, 1.54) is 18.5 Å². The summed E-state index contributed by atoms with van der Waals surface area (Å²) in [5.74, 6) is 0.678. The van der Waals surface area contributed by atoms with E-state index in [9.17, 15) is 8.78 Å². The Morgan fingerprint density at radius 2 is 1.90 bits per heavy atom. The van der Waals surface area contributed by atoms with Crippen molar-refractivity contribution >= 4 is 11.5 Å². The lowest BCUT2D eigenvalue weighted by Gasteiger charge is -2.40. The number of nitrogens with zero attached hydrogens (tertiary/aromatic N) is 4. The molecular formula is C30H43F2N8+. The van der Waals surface area contributed by atoms with E-state index < -0.39 is 6.43 Å². The lowest BCUT2D eigenvalue weighted by molar-refractivity contribution is -0.447. The van der Waals surface area contributed by atoms with Crippen molar-refractivity contribution in [3.8, 4) is 11.1 Å². The summed E-state index contributed by atoms with van der Waals surface area (Å²) in [6, 6.07) is 4.75. The van der Waals surface area contributed by atoms with Gasteiger partial charge in [-0.05, 0) is 74.9 Å². The molecule has 2 fully saturated rings. The number of amidine groups is 1. The van der Waals surface area contributed by atoms with Crippen molar-refractivity contribution in [3.63, 3.8) is 0 Å². The number of fused-ring (bicyclic) bond motifs is 1. The number of hydrogen-bond donors (Lipinski definition) is 4. The lowest BCUT2D eigenvalue weighted by atomic mass is 9.93. The Kier molecular flexibility index (Phi) is 8.18. The minimum absolute atomic E-state index is 0.0288. The van der Waals surface area contributed by atoms with E-state index in [0.717, 1.165) is 94.2 Å². The van der Waals surface area contributed by atoms with E-state index in [2.05, 4.69) is 30.5 Å². The van der Waals surface area contributed by atoms with E-state index in [0.29, 0.717) is 29.5 Å². The van der Waals surface area contributed by atoms with Crippen molar-refractivity contribution in [2.24, 2.45) is 12.8 Å². The van der Waals surface area contributed by atoms with Gasteiger partial charge < -0.3 is 20.9 Å². The molecular weight excluding hydrogens is 510 g/mol. The smallest absolute Gasteiger partial charge is 0.279 e. The Hall–Kier alpha value is -2.82. The molecule has 0 spiro atoms. The first-order valence-electron chi connectivity index (χ1n) is 15.0. The maximum absolute atomic E-state index is 14.3. The number of rotatable bonds is 6. The highest BCUT2D eigenvalue weighted by Crippen LogP contribution is 2.38. The van der Waals surface area contributed by atoms with Crippen LogP contribution in [-0.4, -0.2) is 83.0 Å². The Balaban J connectivity index is 1.27. The highest BCUT2D eigenvalue weighted by molar-refractivity contribution is 5.95. The molecule has 0 amide bonds. The van der Waals surface area contributed by atoms with E-state index >= 15 is 0 Å². The average molecular weight is 554 g/mol. The Labute approximate surface area is 235 Å². The molecule has 0 saturated carbocycles. The minimum atomic E-state index is -2.59. The molecule has 1 aromatic carbocycles. The summed E-state index contributed by atoms with van der Waals surface area (Å²) in [6.45, 7) is 6.85. The van der Waals surface area contributed by atoms with Crippen LogP contribution in [0, 0.1) is 0 Å². The summed E-state index contributed by atoms with van der Waals surface area (Å²) in [5, 5.41) is 15.1. The van der Waals surface area contributed by atoms with E-state index in [1.807, 2.05) is 6.07 Å². The van der Waals surface area contributed by atoms with Crippen LogP contribution in [0.1, 0.15) is 56.1 Å². The first-order chi connectivity index (χ1) is 19.5. The van der Waals surface area contributed by atoms with Crippen LogP contribution in [0.25, 0.3) is 11.1 Å². The normalized spacial score (nSPS) is 23.0. The highest BCUT2D eigenvalue weighted by atomic mass is 19.3. The summed E-state index contributed by atoms with van der Waals surface area (Å²) < 4.78 is 32.4. The van der Waals surface area contributed by atoms with Crippen molar-refractivity contribution in [3.05, 3.63) is 46.9 Å². The standard InChI is InChI=1S/C30H42F2N8/c1-38-19-21(17-36-38)24-15-20-3-2-12-40(28(20)16-25(24)29(31)32)30(33)26-18-35-11-6-27(26)37-22-7-13-39(14-8-22)23-4-9-34-10-5-23/h15-17,19,22-23,29,34-35H,2-14,18H2,1H3,(H2,33,37)/p+1. The third-order valence-electron chi connectivity index (χ3n) is 9.17. The van der Waals surface area contributed by atoms with Crippen LogP contribution in [0.5, 0.6) is 0 Å². The fourth-order valence-electron chi connectivity index (χ4n) is 6.97. The Morgan fingerprint density at radius 3 is 2.62 bits per heavy atom. The van der Waals surface area contributed by atoms with E-state index in [4.69, 9.17) is 5.73 Å². The maximum Gasteiger partial charge on any atom is 0.279 e. The zero-order valence-corrected chi connectivity index (χ0v) is 23.6. The molecule has 5 heterocycles. The molecule has 6 rings (SSSR count). The van der Waals surface area contributed by atoms with Gasteiger partial charge in [0, 0.05) is 74.8 Å². The summed E-state index contributed by atoms with van der Waals surface area (Å²) >= 11 is 0. The van der Waals surface area contributed by atoms with Crippen molar-refractivity contribution in [2.45, 2.75) is 63.5 Å². The van der Waals surface area contributed by atoms with Gasteiger partial charge in [-0.2, -0.15) is 5.10 Å². The van der Waals surface area contributed by atoms with Gasteiger partial charge in [0.2, 0.25) is 0 Å². The van der Waals surface area contributed by atoms with Gasteiger partial charge in [0.25, 0.3) is 12.3 Å². The molecule has 40 heavy (non-hydrogen) atoms. The molecule has 216 valence electrons.